The maximum atomic E-state index is 14.7. The quantitative estimate of drug-likeness (QED) is 0.446. The highest BCUT2D eigenvalue weighted by Crippen LogP contribution is 2.26. The van der Waals surface area contributed by atoms with Gasteiger partial charge < -0.3 is 15.5 Å². The van der Waals surface area contributed by atoms with Crippen LogP contribution < -0.4 is 15.5 Å². The molecule has 1 atom stereocenters. The predicted octanol–water partition coefficient (Wildman–Crippen LogP) is 4.77. The molecule has 7 nitrogen and oxygen atoms in total. The van der Waals surface area contributed by atoms with Crippen molar-refractivity contribution in [3.63, 3.8) is 0 Å². The molecule has 2 heterocycles. The second-order valence-corrected chi connectivity index (χ2v) is 10.1. The number of amides is 2. The third-order valence-corrected chi connectivity index (χ3v) is 7.32. The van der Waals surface area contributed by atoms with Gasteiger partial charge >= 0.3 is 0 Å². The first kappa shape index (κ1) is 24.9. The molecule has 0 radical (unpaired) electrons. The number of benzene rings is 2. The van der Waals surface area contributed by atoms with E-state index >= 15 is 0 Å². The lowest BCUT2D eigenvalue weighted by atomic mass is 10.1. The van der Waals surface area contributed by atoms with Crippen LogP contribution in [0.3, 0.4) is 0 Å². The molecule has 0 bridgehead atoms. The Kier molecular flexibility index (Phi) is 7.85. The van der Waals surface area contributed by atoms with E-state index in [1.807, 2.05) is 38.1 Å². The molecule has 2 aromatic rings. The Hall–Kier alpha value is -3.20. The molecular weight excluding hydrogens is 465 g/mol. The number of hydrogen-bond acceptors (Lipinski definition) is 6. The number of amidine groups is 1. The number of nitrogens with one attached hydrogen (secondary N) is 2. The van der Waals surface area contributed by atoms with Crippen molar-refractivity contribution >= 4 is 45.8 Å². The van der Waals surface area contributed by atoms with E-state index in [1.165, 1.54) is 24.2 Å². The number of carbonyl (C=O) groups is 2. The predicted molar refractivity (Wildman–Crippen MR) is 141 cm³/mol. The first-order valence-electron chi connectivity index (χ1n) is 11.8. The number of para-hydroxylation sites is 1. The average molecular weight is 496 g/mol. The molecule has 184 valence electrons. The van der Waals surface area contributed by atoms with E-state index in [2.05, 4.69) is 25.7 Å². The smallest absolute Gasteiger partial charge is 0.240 e. The summed E-state index contributed by atoms with van der Waals surface area (Å²) in [5.41, 5.74) is 4.49. The minimum atomic E-state index is -0.588. The van der Waals surface area contributed by atoms with Crippen LogP contribution in [0.4, 0.5) is 15.8 Å². The molecule has 2 N–H and O–H groups in total. The molecular formula is C26H30FN5O2S. The highest BCUT2D eigenvalue weighted by atomic mass is 32.2. The summed E-state index contributed by atoms with van der Waals surface area (Å²) in [6.45, 7) is 7.35. The molecule has 2 aliphatic heterocycles. The average Bonchev–Trinajstić information content (AvgIpc) is 3.19. The zero-order valence-electron chi connectivity index (χ0n) is 20.2. The molecule has 4 rings (SSSR count). The van der Waals surface area contributed by atoms with Crippen LogP contribution in [0.15, 0.2) is 46.6 Å². The maximum Gasteiger partial charge on any atom is 0.240 e. The number of halogens is 1. The van der Waals surface area contributed by atoms with Crippen molar-refractivity contribution in [2.24, 2.45) is 10.2 Å². The summed E-state index contributed by atoms with van der Waals surface area (Å²) in [7, 11) is 0. The van der Waals surface area contributed by atoms with Gasteiger partial charge in [-0.3, -0.25) is 9.59 Å². The van der Waals surface area contributed by atoms with Crippen LogP contribution in [0.25, 0.3) is 0 Å². The van der Waals surface area contributed by atoms with Gasteiger partial charge in [0.25, 0.3) is 0 Å². The largest absolute Gasteiger partial charge is 0.369 e. The van der Waals surface area contributed by atoms with Gasteiger partial charge in [-0.15, -0.1) is 5.10 Å². The van der Waals surface area contributed by atoms with Gasteiger partial charge in [0.2, 0.25) is 11.8 Å². The maximum absolute atomic E-state index is 14.7. The van der Waals surface area contributed by atoms with Gasteiger partial charge in [0.15, 0.2) is 5.17 Å². The van der Waals surface area contributed by atoms with Crippen LogP contribution in [0.1, 0.15) is 49.3 Å². The second kappa shape index (κ2) is 11.0. The Morgan fingerprint density at radius 2 is 1.89 bits per heavy atom. The highest BCUT2D eigenvalue weighted by molar-refractivity contribution is 8.15. The second-order valence-electron chi connectivity index (χ2n) is 8.92. The van der Waals surface area contributed by atoms with Crippen LogP contribution in [0.2, 0.25) is 0 Å². The van der Waals surface area contributed by atoms with E-state index in [9.17, 15) is 14.0 Å². The molecule has 2 aliphatic rings. The molecule has 0 unspecified atom stereocenters. The van der Waals surface area contributed by atoms with Crippen LogP contribution in [-0.4, -0.2) is 41.0 Å². The molecule has 2 aromatic carbocycles. The van der Waals surface area contributed by atoms with Crippen LogP contribution in [0.5, 0.6) is 0 Å². The number of aryl methyl sites for hydroxylation is 2. The Bertz CT molecular complexity index is 1170. The highest BCUT2D eigenvalue weighted by Gasteiger charge is 2.32. The van der Waals surface area contributed by atoms with Crippen molar-refractivity contribution in [3.8, 4) is 0 Å². The van der Waals surface area contributed by atoms with Crippen molar-refractivity contribution in [1.29, 1.82) is 0 Å². The number of nitrogens with zero attached hydrogens (tertiary/aromatic N) is 3. The molecule has 2 saturated heterocycles. The minimum absolute atomic E-state index is 0.0230. The van der Waals surface area contributed by atoms with Crippen molar-refractivity contribution in [3.05, 3.63) is 58.9 Å². The number of carbonyl (C=O) groups excluding carboxylic acids is 2. The Morgan fingerprint density at radius 1 is 1.17 bits per heavy atom. The van der Waals surface area contributed by atoms with E-state index in [0.29, 0.717) is 22.1 Å². The number of anilines is 2. The Morgan fingerprint density at radius 3 is 2.57 bits per heavy atom. The zero-order chi connectivity index (χ0) is 24.9. The minimum Gasteiger partial charge on any atom is -0.369 e. The summed E-state index contributed by atoms with van der Waals surface area (Å²) in [5.74, 6) is -0.791. The summed E-state index contributed by atoms with van der Waals surface area (Å²) in [6.07, 6.45) is 3.37. The van der Waals surface area contributed by atoms with Crippen molar-refractivity contribution in [2.45, 2.75) is 51.7 Å². The van der Waals surface area contributed by atoms with E-state index in [4.69, 9.17) is 0 Å². The monoisotopic (exact) mass is 495 g/mol. The summed E-state index contributed by atoms with van der Waals surface area (Å²) >= 11 is 1.17. The van der Waals surface area contributed by atoms with Gasteiger partial charge in [-0.05, 0) is 63.3 Å². The van der Waals surface area contributed by atoms with Crippen LogP contribution >= 0.6 is 11.8 Å². The number of piperidine rings is 1. The number of rotatable bonds is 6. The first-order chi connectivity index (χ1) is 16.8. The lowest BCUT2D eigenvalue weighted by Crippen LogP contribution is -2.30. The topological polar surface area (TPSA) is 86.2 Å². The van der Waals surface area contributed by atoms with Gasteiger partial charge in [-0.2, -0.15) is 5.10 Å². The van der Waals surface area contributed by atoms with E-state index in [0.717, 1.165) is 42.7 Å². The molecule has 0 aliphatic carbocycles. The fraction of sp³-hybridized carbons (Fsp3) is 0.385. The van der Waals surface area contributed by atoms with Gasteiger partial charge in [-0.25, -0.2) is 4.39 Å². The van der Waals surface area contributed by atoms with Crippen molar-refractivity contribution in [1.82, 2.24) is 5.32 Å². The number of hydrogen-bond donors (Lipinski definition) is 2. The molecule has 0 spiro atoms. The molecule has 0 saturated carbocycles. The lowest BCUT2D eigenvalue weighted by Gasteiger charge is -2.29. The standard InChI is InChI=1S/C26H30FN5O2S/c1-16-8-7-9-17(2)24(16)28-23(33)15-22-25(34)29-26(35-22)31-30-18(3)19-10-11-21(20(27)14-19)32-12-5-4-6-13-32/h7-11,14,22H,4-6,12-13,15H2,1-3H3,(H,28,33)(H,29,31,34)/b30-18-/t22-/m0/s1. The first-order valence-corrected chi connectivity index (χ1v) is 12.7. The van der Waals surface area contributed by atoms with Gasteiger partial charge in [0.05, 0.1) is 11.4 Å². The van der Waals surface area contributed by atoms with Gasteiger partial charge in [0, 0.05) is 30.8 Å². The van der Waals surface area contributed by atoms with E-state index in [-0.39, 0.29) is 24.1 Å². The summed E-state index contributed by atoms with van der Waals surface area (Å²) < 4.78 is 14.7. The molecule has 35 heavy (non-hydrogen) atoms. The van der Waals surface area contributed by atoms with Crippen molar-refractivity contribution in [2.75, 3.05) is 23.3 Å². The normalized spacial score (nSPS) is 19.7. The fourth-order valence-corrected chi connectivity index (χ4v) is 5.18. The summed E-state index contributed by atoms with van der Waals surface area (Å²) in [4.78, 5) is 27.0. The van der Waals surface area contributed by atoms with Crippen LogP contribution in [-0.2, 0) is 9.59 Å². The molecule has 0 aromatic heterocycles. The van der Waals surface area contributed by atoms with Crippen LogP contribution in [0, 0.1) is 19.7 Å². The van der Waals surface area contributed by atoms with Crippen molar-refractivity contribution < 1.29 is 14.0 Å². The SMILES string of the molecule is C/C(=N/N=C1/NC(=O)[C@H](CC(=O)Nc2c(C)cccc2C)S1)c1ccc(N2CCCCC2)c(F)c1. The van der Waals surface area contributed by atoms with Gasteiger partial charge in [0.1, 0.15) is 11.1 Å². The molecule has 2 amide bonds. The van der Waals surface area contributed by atoms with E-state index in [1.54, 1.807) is 13.0 Å². The molecule has 2 fully saturated rings. The number of thioether (sulfide) groups is 1. The Labute approximate surface area is 209 Å². The molecule has 9 heteroatoms. The van der Waals surface area contributed by atoms with Gasteiger partial charge in [-0.1, -0.05) is 36.0 Å². The fourth-order valence-electron chi connectivity index (χ4n) is 4.26. The zero-order valence-corrected chi connectivity index (χ0v) is 21.0. The van der Waals surface area contributed by atoms with E-state index < -0.39 is 5.25 Å². The Balaban J connectivity index is 1.38. The third kappa shape index (κ3) is 6.08. The third-order valence-electron chi connectivity index (χ3n) is 6.25. The summed E-state index contributed by atoms with van der Waals surface area (Å²) in [6, 6.07) is 10.9. The summed E-state index contributed by atoms with van der Waals surface area (Å²) in [5, 5.41) is 13.6. The lowest BCUT2D eigenvalue weighted by molar-refractivity contribution is -0.122.